The lowest BCUT2D eigenvalue weighted by molar-refractivity contribution is -0.145. The Bertz CT molecular complexity index is 1770. The van der Waals surface area contributed by atoms with Gasteiger partial charge >= 0.3 is 5.97 Å². The summed E-state index contributed by atoms with van der Waals surface area (Å²) in [6.45, 7) is 8.01. The molecule has 0 fully saturated rings. The molecule has 1 amide bonds. The number of thioether (sulfide) groups is 1. The summed E-state index contributed by atoms with van der Waals surface area (Å²) < 4.78 is 36.2. The van der Waals surface area contributed by atoms with Crippen LogP contribution in [-0.2, 0) is 37.0 Å². The highest BCUT2D eigenvalue weighted by Crippen LogP contribution is 2.31. The van der Waals surface area contributed by atoms with Crippen molar-refractivity contribution in [1.29, 1.82) is 0 Å². The zero-order chi connectivity index (χ0) is 33.3. The third-order valence-corrected chi connectivity index (χ3v) is 10.9. The van der Waals surface area contributed by atoms with E-state index in [-0.39, 0.29) is 35.2 Å². The van der Waals surface area contributed by atoms with Gasteiger partial charge in [0, 0.05) is 26.3 Å². The summed E-state index contributed by atoms with van der Waals surface area (Å²) in [5, 5.41) is 6.49. The number of thiazole rings is 1. The Kier molecular flexibility index (Phi) is 12.3. The average molecular weight is 701 g/mol. The van der Waals surface area contributed by atoms with E-state index < -0.39 is 15.8 Å². The predicted octanol–water partition coefficient (Wildman–Crippen LogP) is 7.99. The van der Waals surface area contributed by atoms with Crippen molar-refractivity contribution in [3.8, 4) is 5.75 Å². The van der Waals surface area contributed by atoms with Crippen LogP contribution in [0, 0.1) is 0 Å². The van der Waals surface area contributed by atoms with Crippen LogP contribution in [0.25, 0.3) is 0 Å². The van der Waals surface area contributed by atoms with Crippen molar-refractivity contribution in [3.05, 3.63) is 99.0 Å². The van der Waals surface area contributed by atoms with Gasteiger partial charge in [-0.1, -0.05) is 44.5 Å². The number of halogens is 1. The smallest absolute Gasteiger partial charge is 0.344 e. The van der Waals surface area contributed by atoms with Gasteiger partial charge in [-0.2, -0.15) is 0 Å². The topological polar surface area (TPSA) is 112 Å². The molecule has 244 valence electrons. The third-order valence-electron chi connectivity index (χ3n) is 6.77. The molecule has 12 heteroatoms. The summed E-state index contributed by atoms with van der Waals surface area (Å²) in [7, 11) is -3.49. The first kappa shape index (κ1) is 35.5. The molecule has 0 saturated carbocycles. The fourth-order valence-corrected chi connectivity index (χ4v) is 7.74. The molecule has 0 aliphatic heterocycles. The minimum absolute atomic E-state index is 0.0112. The van der Waals surface area contributed by atoms with Crippen LogP contribution in [0.4, 0.5) is 5.69 Å². The van der Waals surface area contributed by atoms with Crippen molar-refractivity contribution in [2.45, 2.75) is 61.5 Å². The van der Waals surface area contributed by atoms with Crippen molar-refractivity contribution in [2.75, 3.05) is 24.3 Å². The second-order valence-corrected chi connectivity index (χ2v) is 16.0. The number of nitrogens with one attached hydrogen (secondary N) is 1. The van der Waals surface area contributed by atoms with Gasteiger partial charge in [0.2, 0.25) is 0 Å². The zero-order valence-corrected chi connectivity index (χ0v) is 29.4. The van der Waals surface area contributed by atoms with E-state index in [0.29, 0.717) is 40.6 Å². The standard InChI is InChI=1S/C34H37ClN2O6S3/c1-5-42-32(38)20-43-29-16-11-23(8-7-17-46(40,41)27-14-12-25(35)13-15-27)18-28(29)36-33(39)24-9-6-10-26(19-24)44-22-31-37-30(21-45-31)34(2,3)4/h6,9-16,18-19,21H,5,7-8,17,20,22H2,1-4H3,(H,36,39). The number of carbonyl (C=O) groups is 2. The van der Waals surface area contributed by atoms with Gasteiger partial charge < -0.3 is 14.8 Å². The summed E-state index contributed by atoms with van der Waals surface area (Å²) in [5.74, 6) is 0.0438. The Labute approximate surface area is 283 Å². The van der Waals surface area contributed by atoms with E-state index >= 15 is 0 Å². The maximum atomic E-state index is 13.4. The first-order valence-electron chi connectivity index (χ1n) is 14.7. The number of esters is 1. The minimum atomic E-state index is -3.49. The molecule has 4 rings (SSSR count). The van der Waals surface area contributed by atoms with Gasteiger partial charge in [-0.25, -0.2) is 18.2 Å². The normalized spacial score (nSPS) is 11.7. The lowest BCUT2D eigenvalue weighted by atomic mass is 9.93. The number of rotatable bonds is 14. The third kappa shape index (κ3) is 10.3. The van der Waals surface area contributed by atoms with Crippen LogP contribution in [0.2, 0.25) is 5.02 Å². The average Bonchev–Trinajstić information content (AvgIpc) is 3.50. The molecule has 0 bridgehead atoms. The number of anilines is 1. The van der Waals surface area contributed by atoms with E-state index in [2.05, 4.69) is 31.5 Å². The van der Waals surface area contributed by atoms with Crippen molar-refractivity contribution in [1.82, 2.24) is 4.98 Å². The Hall–Kier alpha value is -3.38. The molecule has 1 heterocycles. The summed E-state index contributed by atoms with van der Waals surface area (Å²) in [5.41, 5.74) is 2.67. The van der Waals surface area contributed by atoms with Crippen LogP contribution < -0.4 is 10.1 Å². The predicted molar refractivity (Wildman–Crippen MR) is 185 cm³/mol. The molecule has 3 aromatic carbocycles. The zero-order valence-electron chi connectivity index (χ0n) is 26.2. The highest BCUT2D eigenvalue weighted by atomic mass is 35.5. The van der Waals surface area contributed by atoms with Crippen LogP contribution in [0.1, 0.15) is 60.7 Å². The molecule has 0 aliphatic carbocycles. The van der Waals surface area contributed by atoms with E-state index in [0.717, 1.165) is 21.2 Å². The highest BCUT2D eigenvalue weighted by molar-refractivity contribution is 7.98. The van der Waals surface area contributed by atoms with Crippen molar-refractivity contribution >= 4 is 62.1 Å². The van der Waals surface area contributed by atoms with E-state index in [1.807, 2.05) is 18.2 Å². The summed E-state index contributed by atoms with van der Waals surface area (Å²) >= 11 is 9.13. The van der Waals surface area contributed by atoms with Crippen molar-refractivity contribution in [2.24, 2.45) is 0 Å². The Morgan fingerprint density at radius 2 is 1.80 bits per heavy atom. The number of benzene rings is 3. The first-order valence-corrected chi connectivity index (χ1v) is 18.6. The van der Waals surface area contributed by atoms with E-state index in [4.69, 9.17) is 26.1 Å². The molecule has 0 spiro atoms. The lowest BCUT2D eigenvalue weighted by Crippen LogP contribution is -2.17. The van der Waals surface area contributed by atoms with Gasteiger partial charge in [-0.3, -0.25) is 4.79 Å². The Morgan fingerprint density at radius 1 is 1.04 bits per heavy atom. The van der Waals surface area contributed by atoms with Gasteiger partial charge in [0.15, 0.2) is 16.4 Å². The van der Waals surface area contributed by atoms with Gasteiger partial charge in [0.05, 0.1) is 34.4 Å². The van der Waals surface area contributed by atoms with Crippen LogP contribution in [0.5, 0.6) is 5.75 Å². The molecule has 46 heavy (non-hydrogen) atoms. The van der Waals surface area contributed by atoms with Crippen LogP contribution in [-0.4, -0.2) is 44.2 Å². The monoisotopic (exact) mass is 700 g/mol. The highest BCUT2D eigenvalue weighted by Gasteiger charge is 2.19. The van der Waals surface area contributed by atoms with Crippen molar-refractivity contribution < 1.29 is 27.5 Å². The fraction of sp³-hybridized carbons (Fsp3) is 0.324. The molecule has 8 nitrogen and oxygen atoms in total. The maximum absolute atomic E-state index is 13.4. The molecule has 0 radical (unpaired) electrons. The molecule has 0 atom stereocenters. The summed E-state index contributed by atoms with van der Waals surface area (Å²) in [6, 6.07) is 18.6. The molecule has 0 saturated heterocycles. The van der Waals surface area contributed by atoms with Crippen molar-refractivity contribution in [3.63, 3.8) is 0 Å². The molecule has 1 aromatic heterocycles. The molecule has 1 N–H and O–H groups in total. The Morgan fingerprint density at radius 3 is 2.50 bits per heavy atom. The Balaban J connectivity index is 1.45. The minimum Gasteiger partial charge on any atom is -0.480 e. The van der Waals surface area contributed by atoms with Gasteiger partial charge in [0.1, 0.15) is 10.8 Å². The summed E-state index contributed by atoms with van der Waals surface area (Å²) in [4.78, 5) is 31.3. The van der Waals surface area contributed by atoms with E-state index in [1.165, 1.54) is 12.1 Å². The number of nitrogens with zero attached hydrogens (tertiary/aromatic N) is 1. The number of hydrogen-bond acceptors (Lipinski definition) is 9. The van der Waals surface area contributed by atoms with Gasteiger partial charge in [0.25, 0.3) is 5.91 Å². The maximum Gasteiger partial charge on any atom is 0.344 e. The van der Waals surface area contributed by atoms with E-state index in [1.54, 1.807) is 66.4 Å². The molecule has 0 aliphatic rings. The van der Waals surface area contributed by atoms with E-state index in [9.17, 15) is 18.0 Å². The number of aryl methyl sites for hydroxylation is 1. The molecular weight excluding hydrogens is 664 g/mol. The van der Waals surface area contributed by atoms with Crippen LogP contribution in [0.15, 0.2) is 81.9 Å². The molecule has 0 unspecified atom stereocenters. The van der Waals surface area contributed by atoms with Crippen LogP contribution >= 0.6 is 34.7 Å². The number of amides is 1. The number of aromatic nitrogens is 1. The number of sulfone groups is 1. The van der Waals surface area contributed by atoms with Gasteiger partial charge in [-0.15, -0.1) is 23.1 Å². The number of ether oxygens (including phenoxy) is 2. The second-order valence-electron chi connectivity index (χ2n) is 11.4. The summed E-state index contributed by atoms with van der Waals surface area (Å²) in [6.07, 6.45) is 0.796. The van der Waals surface area contributed by atoms with Gasteiger partial charge in [-0.05, 0) is 79.9 Å². The molecule has 4 aromatic rings. The molecular formula is C34H37ClN2O6S3. The number of carbonyl (C=O) groups excluding carboxylic acids is 2. The SMILES string of the molecule is CCOC(=O)COc1ccc(CCCS(=O)(=O)c2ccc(Cl)cc2)cc1NC(=O)c1cccc(SCc2nc(C(C)(C)C)cs2)c1. The first-order chi connectivity index (χ1) is 21.8. The lowest BCUT2D eigenvalue weighted by Gasteiger charge is -2.15. The number of hydrogen-bond donors (Lipinski definition) is 1. The second kappa shape index (κ2) is 15.9. The fourth-order valence-electron chi connectivity index (χ4n) is 4.31. The quantitative estimate of drug-likeness (QED) is 0.104. The van der Waals surface area contributed by atoms with Crippen LogP contribution in [0.3, 0.4) is 0 Å². The largest absolute Gasteiger partial charge is 0.480 e.